The first-order valence-electron chi connectivity index (χ1n) is 12.8. The summed E-state index contributed by atoms with van der Waals surface area (Å²) >= 11 is 0. The fourth-order valence-electron chi connectivity index (χ4n) is 4.19. The van der Waals surface area contributed by atoms with Gasteiger partial charge in [-0.1, -0.05) is 59.7 Å². The minimum absolute atomic E-state index is 0.479. The Morgan fingerprint density at radius 3 is 1.21 bits per heavy atom. The number of rotatable bonds is 2. The smallest absolute Gasteiger partial charge is 0.434 e. The number of hydrogen-bond acceptors (Lipinski definition) is 4. The molecule has 0 aliphatic carbocycles. The standard InChI is InChI=1S/C32H36N2O4/c1-21-9-11-23-13-15-27(19-25(23)17-21)33(29(35)37-31(3,4)5)34(30(36)38-32(6,7)8)28-16-14-24-12-10-22(2)18-26(24)20-28/h9-20H,1-8H3. The third kappa shape index (κ3) is 6.25. The van der Waals surface area contributed by atoms with Gasteiger partial charge < -0.3 is 9.47 Å². The van der Waals surface area contributed by atoms with Crippen LogP contribution < -0.4 is 10.0 Å². The Morgan fingerprint density at radius 1 is 0.526 bits per heavy atom. The Kier molecular flexibility index (Phi) is 7.11. The van der Waals surface area contributed by atoms with Gasteiger partial charge >= 0.3 is 12.2 Å². The molecule has 2 amide bonds. The summed E-state index contributed by atoms with van der Waals surface area (Å²) in [7, 11) is 0. The summed E-state index contributed by atoms with van der Waals surface area (Å²) in [5, 5.41) is 6.45. The highest BCUT2D eigenvalue weighted by Gasteiger charge is 2.36. The molecule has 4 rings (SSSR count). The van der Waals surface area contributed by atoms with Crippen molar-refractivity contribution in [2.45, 2.75) is 66.6 Å². The third-order valence-corrected chi connectivity index (χ3v) is 5.78. The number of nitrogens with zero attached hydrogens (tertiary/aromatic N) is 2. The van der Waals surface area contributed by atoms with Crippen molar-refractivity contribution < 1.29 is 19.1 Å². The summed E-state index contributed by atoms with van der Waals surface area (Å²) in [6, 6.07) is 23.5. The van der Waals surface area contributed by atoms with E-state index in [1.807, 2.05) is 86.6 Å². The second-order valence-electron chi connectivity index (χ2n) is 11.7. The Bertz CT molecular complexity index is 1400. The Labute approximate surface area is 224 Å². The zero-order valence-corrected chi connectivity index (χ0v) is 23.5. The highest BCUT2D eigenvalue weighted by molar-refractivity contribution is 6.04. The maximum Gasteiger partial charge on any atom is 0.434 e. The molecule has 0 aromatic heterocycles. The first kappa shape index (κ1) is 27.0. The molecule has 0 heterocycles. The SMILES string of the molecule is Cc1ccc2ccc(N(C(=O)OC(C)(C)C)N(C(=O)OC(C)(C)C)c3ccc4ccc(C)cc4c3)cc2c1. The number of hydrazine groups is 1. The summed E-state index contributed by atoms with van der Waals surface area (Å²) in [4.78, 5) is 27.6. The van der Waals surface area contributed by atoms with Gasteiger partial charge in [-0.05, 0) is 101 Å². The number of anilines is 2. The van der Waals surface area contributed by atoms with Crippen molar-refractivity contribution in [3.8, 4) is 0 Å². The molecule has 0 aliphatic heterocycles. The summed E-state index contributed by atoms with van der Waals surface area (Å²) in [6.45, 7) is 14.8. The number of amides is 2. The van der Waals surface area contributed by atoms with Crippen LogP contribution in [-0.4, -0.2) is 23.4 Å². The van der Waals surface area contributed by atoms with E-state index in [0.29, 0.717) is 11.4 Å². The lowest BCUT2D eigenvalue weighted by molar-refractivity contribution is 0.0479. The van der Waals surface area contributed by atoms with Gasteiger partial charge in [-0.3, -0.25) is 0 Å². The van der Waals surface area contributed by atoms with Crippen molar-refractivity contribution in [2.24, 2.45) is 0 Å². The average molecular weight is 513 g/mol. The normalized spacial score (nSPS) is 11.9. The van der Waals surface area contributed by atoms with E-state index >= 15 is 0 Å². The first-order chi connectivity index (χ1) is 17.7. The first-order valence-corrected chi connectivity index (χ1v) is 12.8. The number of fused-ring (bicyclic) bond motifs is 2. The fourth-order valence-corrected chi connectivity index (χ4v) is 4.19. The van der Waals surface area contributed by atoms with E-state index in [4.69, 9.17) is 9.47 Å². The van der Waals surface area contributed by atoms with Crippen LogP contribution >= 0.6 is 0 Å². The van der Waals surface area contributed by atoms with Crippen molar-refractivity contribution in [1.82, 2.24) is 0 Å². The molecule has 0 unspecified atom stereocenters. The van der Waals surface area contributed by atoms with E-state index in [-0.39, 0.29) is 0 Å². The van der Waals surface area contributed by atoms with Crippen LogP contribution in [0, 0.1) is 13.8 Å². The molecule has 0 bridgehead atoms. The maximum atomic E-state index is 13.8. The van der Waals surface area contributed by atoms with Crippen LogP contribution in [-0.2, 0) is 9.47 Å². The highest BCUT2D eigenvalue weighted by Crippen LogP contribution is 2.32. The maximum absolute atomic E-state index is 13.8. The van der Waals surface area contributed by atoms with Gasteiger partial charge in [0.2, 0.25) is 0 Å². The minimum atomic E-state index is -0.789. The van der Waals surface area contributed by atoms with Crippen molar-refractivity contribution in [3.63, 3.8) is 0 Å². The summed E-state index contributed by atoms with van der Waals surface area (Å²) in [5.74, 6) is 0. The molecule has 0 saturated carbocycles. The molecule has 38 heavy (non-hydrogen) atoms. The lowest BCUT2D eigenvalue weighted by Crippen LogP contribution is -2.53. The largest absolute Gasteiger partial charge is 0.442 e. The van der Waals surface area contributed by atoms with Crippen LogP contribution in [0.1, 0.15) is 52.7 Å². The molecule has 4 aromatic carbocycles. The topological polar surface area (TPSA) is 59.1 Å². The molecule has 0 fully saturated rings. The summed E-state index contributed by atoms with van der Waals surface area (Å²) in [5.41, 5.74) is 1.56. The van der Waals surface area contributed by atoms with Gasteiger partial charge in [0.05, 0.1) is 11.4 Å². The van der Waals surface area contributed by atoms with Gasteiger partial charge in [0, 0.05) is 0 Å². The number of carbonyl (C=O) groups is 2. The van der Waals surface area contributed by atoms with E-state index in [2.05, 4.69) is 0 Å². The van der Waals surface area contributed by atoms with Gasteiger partial charge in [0.1, 0.15) is 11.2 Å². The van der Waals surface area contributed by atoms with Gasteiger partial charge in [-0.2, -0.15) is 10.0 Å². The molecular weight excluding hydrogens is 476 g/mol. The van der Waals surface area contributed by atoms with Gasteiger partial charge in [0.15, 0.2) is 0 Å². The third-order valence-electron chi connectivity index (χ3n) is 5.78. The van der Waals surface area contributed by atoms with E-state index in [9.17, 15) is 9.59 Å². The van der Waals surface area contributed by atoms with E-state index in [1.165, 1.54) is 10.0 Å². The van der Waals surface area contributed by atoms with Gasteiger partial charge in [0.25, 0.3) is 0 Å². The summed E-state index contributed by atoms with van der Waals surface area (Å²) < 4.78 is 11.6. The van der Waals surface area contributed by atoms with Gasteiger partial charge in [-0.15, -0.1) is 0 Å². The Morgan fingerprint density at radius 2 is 0.868 bits per heavy atom. The average Bonchev–Trinajstić information content (AvgIpc) is 2.79. The van der Waals surface area contributed by atoms with E-state index in [0.717, 1.165) is 32.7 Å². The molecule has 4 aromatic rings. The number of hydrogen-bond donors (Lipinski definition) is 0. The molecular formula is C32H36N2O4. The minimum Gasteiger partial charge on any atom is -0.442 e. The lowest BCUT2D eigenvalue weighted by atomic mass is 10.1. The Balaban J connectivity index is 1.95. The number of carbonyl (C=O) groups excluding carboxylic acids is 2. The number of benzene rings is 4. The van der Waals surface area contributed by atoms with Crippen LogP contribution in [0.25, 0.3) is 21.5 Å². The lowest BCUT2D eigenvalue weighted by Gasteiger charge is -2.36. The van der Waals surface area contributed by atoms with E-state index < -0.39 is 23.4 Å². The molecule has 0 N–H and O–H groups in total. The fraction of sp³-hybridized carbons (Fsp3) is 0.312. The quantitative estimate of drug-likeness (QED) is 0.252. The van der Waals surface area contributed by atoms with Crippen molar-refractivity contribution in [3.05, 3.63) is 83.9 Å². The van der Waals surface area contributed by atoms with Crippen molar-refractivity contribution in [1.29, 1.82) is 0 Å². The number of ether oxygens (including phenoxy) is 2. The zero-order chi connectivity index (χ0) is 27.8. The van der Waals surface area contributed by atoms with Crippen molar-refractivity contribution >= 4 is 45.1 Å². The highest BCUT2D eigenvalue weighted by atomic mass is 16.6. The number of aryl methyl sites for hydroxylation is 2. The second kappa shape index (κ2) is 10.0. The van der Waals surface area contributed by atoms with E-state index in [1.54, 1.807) is 41.5 Å². The molecule has 0 aliphatic rings. The molecule has 0 spiro atoms. The van der Waals surface area contributed by atoms with Crippen LogP contribution in [0.4, 0.5) is 21.0 Å². The molecule has 6 nitrogen and oxygen atoms in total. The zero-order valence-electron chi connectivity index (χ0n) is 23.5. The van der Waals surface area contributed by atoms with Gasteiger partial charge in [-0.25, -0.2) is 9.59 Å². The molecule has 0 atom stereocenters. The predicted octanol–water partition coefficient (Wildman–Crippen LogP) is 8.71. The second-order valence-corrected chi connectivity index (χ2v) is 11.7. The van der Waals surface area contributed by atoms with Crippen LogP contribution in [0.2, 0.25) is 0 Å². The van der Waals surface area contributed by atoms with Crippen LogP contribution in [0.5, 0.6) is 0 Å². The Hall–Kier alpha value is -4.06. The summed E-state index contributed by atoms with van der Waals surface area (Å²) in [6.07, 6.45) is -1.39. The molecule has 0 radical (unpaired) electrons. The molecule has 0 saturated heterocycles. The molecule has 198 valence electrons. The van der Waals surface area contributed by atoms with Crippen LogP contribution in [0.15, 0.2) is 72.8 Å². The predicted molar refractivity (Wildman–Crippen MR) is 155 cm³/mol. The van der Waals surface area contributed by atoms with Crippen molar-refractivity contribution in [2.75, 3.05) is 10.0 Å². The van der Waals surface area contributed by atoms with Crippen LogP contribution in [0.3, 0.4) is 0 Å². The molecule has 6 heteroatoms. The monoisotopic (exact) mass is 512 g/mol.